The maximum Gasteiger partial charge on any atom is 0.314 e. The molecule has 6 nitrogen and oxygen atoms in total. The summed E-state index contributed by atoms with van der Waals surface area (Å²) in [4.78, 5) is 31.9. The fraction of sp³-hybridized carbons (Fsp3) is 0.667. The topological polar surface area (TPSA) is 89.7 Å². The van der Waals surface area contributed by atoms with Crippen molar-refractivity contribution in [2.45, 2.75) is 13.3 Å². The molecule has 1 fully saturated rings. The normalized spacial score (nSPS) is 14.8. The SMILES string of the molecule is CC(=O)CC(=O)S.NC(=O)N1CCOCC1. The molecule has 0 spiro atoms. The number of rotatable bonds is 2. The molecule has 1 aliphatic rings. The number of carbonyl (C=O) groups is 3. The molecule has 2 N–H and O–H groups in total. The molecule has 0 radical (unpaired) electrons. The largest absolute Gasteiger partial charge is 0.378 e. The van der Waals surface area contributed by atoms with Crippen molar-refractivity contribution < 1.29 is 19.1 Å². The molecule has 0 atom stereocenters. The van der Waals surface area contributed by atoms with Gasteiger partial charge in [-0.05, 0) is 6.92 Å². The maximum absolute atomic E-state index is 10.4. The van der Waals surface area contributed by atoms with Gasteiger partial charge >= 0.3 is 6.03 Å². The summed E-state index contributed by atoms with van der Waals surface area (Å²) in [7, 11) is 0. The predicted molar refractivity (Wildman–Crippen MR) is 61.3 cm³/mol. The van der Waals surface area contributed by atoms with E-state index in [1.807, 2.05) is 0 Å². The number of primary amides is 1. The Morgan fingerprint density at radius 1 is 1.31 bits per heavy atom. The van der Waals surface area contributed by atoms with E-state index in [-0.39, 0.29) is 23.4 Å². The first-order chi connectivity index (χ1) is 7.43. The van der Waals surface area contributed by atoms with Crippen LogP contribution in [0.2, 0.25) is 0 Å². The Morgan fingerprint density at radius 2 is 1.81 bits per heavy atom. The van der Waals surface area contributed by atoms with Crippen LogP contribution < -0.4 is 5.73 Å². The van der Waals surface area contributed by atoms with Gasteiger partial charge in [-0.15, -0.1) is 12.6 Å². The molecule has 7 heteroatoms. The smallest absolute Gasteiger partial charge is 0.314 e. The molecule has 1 aliphatic heterocycles. The van der Waals surface area contributed by atoms with E-state index in [1.54, 1.807) is 4.90 Å². The molecular formula is C9H16N2O4S. The van der Waals surface area contributed by atoms with Gasteiger partial charge in [-0.25, -0.2) is 4.79 Å². The van der Waals surface area contributed by atoms with Crippen LogP contribution in [0.4, 0.5) is 4.79 Å². The third kappa shape index (κ3) is 8.25. The van der Waals surface area contributed by atoms with Gasteiger partial charge in [0, 0.05) is 13.1 Å². The number of morpholine rings is 1. The standard InChI is InChI=1S/C5H10N2O2.C4H6O2S/c6-5(8)7-1-3-9-4-2-7;1-3(5)2-4(6)7/h1-4H2,(H2,6,8);2H2,1H3,(H,6,7). The molecule has 0 aromatic rings. The maximum atomic E-state index is 10.4. The lowest BCUT2D eigenvalue weighted by Crippen LogP contribution is -2.43. The minimum absolute atomic E-state index is 0.0525. The zero-order valence-corrected chi connectivity index (χ0v) is 10.0. The number of ketones is 1. The van der Waals surface area contributed by atoms with Crippen molar-refractivity contribution >= 4 is 29.6 Å². The third-order valence-electron chi connectivity index (χ3n) is 1.72. The van der Waals surface area contributed by atoms with E-state index in [0.29, 0.717) is 26.3 Å². The second-order valence-electron chi connectivity index (χ2n) is 3.21. The van der Waals surface area contributed by atoms with Crippen molar-refractivity contribution in [1.82, 2.24) is 4.90 Å². The highest BCUT2D eigenvalue weighted by Gasteiger charge is 2.12. The van der Waals surface area contributed by atoms with E-state index in [1.165, 1.54) is 6.92 Å². The fourth-order valence-corrected chi connectivity index (χ4v) is 1.22. The van der Waals surface area contributed by atoms with E-state index in [0.717, 1.165) is 0 Å². The molecule has 0 aromatic carbocycles. The molecule has 1 rings (SSSR count). The van der Waals surface area contributed by atoms with Gasteiger partial charge in [-0.1, -0.05) is 0 Å². The molecular weight excluding hydrogens is 232 g/mol. The number of ether oxygens (including phenoxy) is 1. The van der Waals surface area contributed by atoms with E-state index in [2.05, 4.69) is 12.6 Å². The molecule has 0 aliphatic carbocycles. The molecule has 92 valence electrons. The Bertz CT molecular complexity index is 252. The molecule has 2 amide bonds. The van der Waals surface area contributed by atoms with Crippen LogP contribution in [-0.2, 0) is 14.3 Å². The molecule has 1 heterocycles. The van der Waals surface area contributed by atoms with Crippen molar-refractivity contribution in [3.05, 3.63) is 0 Å². The van der Waals surface area contributed by atoms with Crippen molar-refractivity contribution in [3.63, 3.8) is 0 Å². The van der Waals surface area contributed by atoms with Crippen LogP contribution >= 0.6 is 12.6 Å². The number of nitrogens with two attached hydrogens (primary N) is 1. The number of hydrogen-bond donors (Lipinski definition) is 2. The van der Waals surface area contributed by atoms with Gasteiger partial charge in [0.05, 0.1) is 19.6 Å². The van der Waals surface area contributed by atoms with E-state index in [4.69, 9.17) is 10.5 Å². The second-order valence-corrected chi connectivity index (χ2v) is 3.71. The van der Waals surface area contributed by atoms with Gasteiger partial charge < -0.3 is 15.4 Å². The summed E-state index contributed by atoms with van der Waals surface area (Å²) < 4.78 is 5.00. The van der Waals surface area contributed by atoms with Gasteiger partial charge in [0.15, 0.2) is 5.12 Å². The monoisotopic (exact) mass is 248 g/mol. The van der Waals surface area contributed by atoms with Gasteiger partial charge in [0.2, 0.25) is 0 Å². The minimum Gasteiger partial charge on any atom is -0.378 e. The van der Waals surface area contributed by atoms with Gasteiger partial charge in [-0.3, -0.25) is 9.59 Å². The van der Waals surface area contributed by atoms with Crippen molar-refractivity contribution in [3.8, 4) is 0 Å². The van der Waals surface area contributed by atoms with Gasteiger partial charge in [0.25, 0.3) is 0 Å². The second kappa shape index (κ2) is 8.12. The number of hydrogen-bond acceptors (Lipinski definition) is 4. The van der Waals surface area contributed by atoms with Crippen LogP contribution in [0.1, 0.15) is 13.3 Å². The molecule has 0 saturated carbocycles. The molecule has 0 aromatic heterocycles. The Kier molecular flexibility index (Phi) is 7.57. The zero-order valence-electron chi connectivity index (χ0n) is 9.14. The highest BCUT2D eigenvalue weighted by Crippen LogP contribution is 1.94. The summed E-state index contributed by atoms with van der Waals surface area (Å²) in [5.74, 6) is -0.139. The average molecular weight is 248 g/mol. The van der Waals surface area contributed by atoms with Crippen LogP contribution in [0.25, 0.3) is 0 Å². The first kappa shape index (κ1) is 14.9. The van der Waals surface area contributed by atoms with Crippen molar-refractivity contribution in [2.75, 3.05) is 26.3 Å². The Labute approximate surface area is 99.5 Å². The summed E-state index contributed by atoms with van der Waals surface area (Å²) in [6, 6.07) is -0.349. The Balaban J connectivity index is 0.000000293. The molecule has 0 bridgehead atoms. The van der Waals surface area contributed by atoms with E-state index >= 15 is 0 Å². The summed E-state index contributed by atoms with van der Waals surface area (Å²) in [5.41, 5.74) is 5.00. The molecule has 16 heavy (non-hydrogen) atoms. The third-order valence-corrected chi connectivity index (χ3v) is 1.88. The summed E-state index contributed by atoms with van der Waals surface area (Å²) in [5, 5.41) is -0.368. The number of amides is 2. The Hall–Kier alpha value is -1.08. The fourth-order valence-electron chi connectivity index (χ4n) is 0.997. The Morgan fingerprint density at radius 3 is 2.00 bits per heavy atom. The zero-order chi connectivity index (χ0) is 12.6. The highest BCUT2D eigenvalue weighted by molar-refractivity contribution is 7.96. The first-order valence-electron chi connectivity index (χ1n) is 4.77. The van der Waals surface area contributed by atoms with Crippen LogP contribution in [0.15, 0.2) is 0 Å². The van der Waals surface area contributed by atoms with Crippen LogP contribution in [0.3, 0.4) is 0 Å². The number of nitrogens with zero attached hydrogens (tertiary/aromatic N) is 1. The number of urea groups is 1. The van der Waals surface area contributed by atoms with Crippen LogP contribution in [0, 0.1) is 0 Å². The van der Waals surface area contributed by atoms with Gasteiger partial charge in [-0.2, -0.15) is 0 Å². The van der Waals surface area contributed by atoms with Crippen molar-refractivity contribution in [1.29, 1.82) is 0 Å². The van der Waals surface area contributed by atoms with E-state index < -0.39 is 0 Å². The quantitative estimate of drug-likeness (QED) is 0.524. The number of thiol groups is 1. The summed E-state index contributed by atoms with van der Waals surface area (Å²) in [6.07, 6.45) is -0.0525. The lowest BCUT2D eigenvalue weighted by Gasteiger charge is -2.24. The van der Waals surface area contributed by atoms with E-state index in [9.17, 15) is 14.4 Å². The lowest BCUT2D eigenvalue weighted by atomic mass is 10.3. The van der Waals surface area contributed by atoms with Crippen LogP contribution in [0.5, 0.6) is 0 Å². The minimum atomic E-state index is -0.368. The molecule has 0 unspecified atom stereocenters. The predicted octanol–water partition coefficient (Wildman–Crippen LogP) is -0.181. The number of carbonyl (C=O) groups excluding carboxylic acids is 3. The number of Topliss-reactive ketones (excluding diaryl/α,β-unsaturated/α-hetero) is 1. The highest BCUT2D eigenvalue weighted by atomic mass is 32.1. The van der Waals surface area contributed by atoms with Crippen LogP contribution in [-0.4, -0.2) is 48.1 Å². The lowest BCUT2D eigenvalue weighted by molar-refractivity contribution is -0.121. The summed E-state index contributed by atoms with van der Waals surface area (Å²) in [6.45, 7) is 3.85. The van der Waals surface area contributed by atoms with Gasteiger partial charge in [0.1, 0.15) is 5.78 Å². The van der Waals surface area contributed by atoms with Crippen molar-refractivity contribution in [2.24, 2.45) is 5.73 Å². The first-order valence-corrected chi connectivity index (χ1v) is 5.21. The average Bonchev–Trinajstić information content (AvgIpc) is 2.17. The summed E-state index contributed by atoms with van der Waals surface area (Å²) >= 11 is 3.38. The molecule has 1 saturated heterocycles.